The predicted molar refractivity (Wildman–Crippen MR) is 161 cm³/mol. The van der Waals surface area contributed by atoms with Crippen molar-refractivity contribution in [3.05, 3.63) is 130 Å². The maximum atomic E-state index is 5.26. The molecule has 4 aliphatic heterocycles. The van der Waals surface area contributed by atoms with Crippen LogP contribution in [0.25, 0.3) is 21.5 Å². The van der Waals surface area contributed by atoms with Crippen molar-refractivity contribution >= 4 is 74.4 Å². The third-order valence-electron chi connectivity index (χ3n) is 8.05. The van der Waals surface area contributed by atoms with E-state index in [0.717, 1.165) is 66.4 Å². The molecule has 6 bridgehead atoms. The molecule has 2 aromatic heterocycles. The van der Waals surface area contributed by atoms with Gasteiger partial charge in [-0.15, -0.1) is 0 Å². The molecular weight excluding hydrogens is 566 g/mol. The first-order chi connectivity index (χ1) is 20.3. The average molecular weight is 582 g/mol. The minimum atomic E-state index is -1.57. The van der Waals surface area contributed by atoms with E-state index in [4.69, 9.17) is 30.0 Å². The van der Waals surface area contributed by atoms with E-state index in [1.54, 1.807) is 0 Å². The Labute approximate surface area is 240 Å². The third-order valence-corrected chi connectivity index (χ3v) is 11.1. The van der Waals surface area contributed by atoms with Crippen molar-refractivity contribution in [2.45, 2.75) is 0 Å². The summed E-state index contributed by atoms with van der Waals surface area (Å²) in [5.41, 5.74) is 5.66. The quantitative estimate of drug-likeness (QED) is 0.237. The molecular formula is C32H16GaN8. The van der Waals surface area contributed by atoms with Gasteiger partial charge in [0.1, 0.15) is 0 Å². The molecule has 6 heterocycles. The molecule has 0 aliphatic carbocycles. The first-order valence-corrected chi connectivity index (χ1v) is 15.6. The first kappa shape index (κ1) is 21.7. The van der Waals surface area contributed by atoms with Gasteiger partial charge >= 0.3 is 241 Å². The number of aliphatic imine (C=N–C) groups is 4. The molecule has 4 aromatic carbocycles. The fourth-order valence-corrected chi connectivity index (χ4v) is 9.24. The zero-order valence-electron chi connectivity index (χ0n) is 21.4. The molecule has 41 heavy (non-hydrogen) atoms. The second-order valence-corrected chi connectivity index (χ2v) is 12.9. The zero-order valence-corrected chi connectivity index (χ0v) is 23.8. The predicted octanol–water partition coefficient (Wildman–Crippen LogP) is 4.47. The van der Waals surface area contributed by atoms with Crippen molar-refractivity contribution in [2.75, 3.05) is 0 Å². The van der Waals surface area contributed by atoms with Crippen LogP contribution in [0.5, 0.6) is 0 Å². The van der Waals surface area contributed by atoms with E-state index >= 15 is 0 Å². The van der Waals surface area contributed by atoms with Gasteiger partial charge in [-0.25, -0.2) is 0 Å². The molecule has 187 valence electrons. The zero-order chi connectivity index (χ0) is 26.7. The third kappa shape index (κ3) is 2.86. The van der Waals surface area contributed by atoms with Crippen LogP contribution < -0.4 is 11.0 Å². The Morgan fingerprint density at radius 2 is 0.732 bits per heavy atom. The van der Waals surface area contributed by atoms with Crippen LogP contribution in [0.2, 0.25) is 0 Å². The van der Waals surface area contributed by atoms with Gasteiger partial charge < -0.3 is 0 Å². The summed E-state index contributed by atoms with van der Waals surface area (Å²) in [5, 5.41) is 4.17. The van der Waals surface area contributed by atoms with Crippen LogP contribution in [-0.2, 0) is 0 Å². The van der Waals surface area contributed by atoms with Crippen LogP contribution in [0.4, 0.5) is 11.6 Å². The number of aromatic nitrogens is 2. The summed E-state index contributed by atoms with van der Waals surface area (Å²) in [4.78, 5) is 31.1. The summed E-state index contributed by atoms with van der Waals surface area (Å²) in [6.45, 7) is 0. The Morgan fingerprint density at radius 1 is 0.366 bits per heavy atom. The second-order valence-electron chi connectivity index (χ2n) is 10.3. The molecule has 9 heteroatoms. The molecule has 0 amide bonds. The molecule has 0 saturated heterocycles. The van der Waals surface area contributed by atoms with Crippen molar-refractivity contribution in [2.24, 2.45) is 30.0 Å². The molecule has 0 unspecified atom stereocenters. The SMILES string of the molecule is c1ccc2c(c1)C1=NC2=Nc2c3ccccc3c3[n]2[Ga][n]2c(c4ccccc4c2=NC2=NC(=N3)c3ccccc32)=N1. The van der Waals surface area contributed by atoms with Gasteiger partial charge in [0, 0.05) is 0 Å². The average Bonchev–Trinajstić information content (AvgIpc) is 3.72. The number of fused-ring (bicyclic) bond motifs is 14. The van der Waals surface area contributed by atoms with E-state index in [0.29, 0.717) is 23.3 Å². The number of rotatable bonds is 0. The molecule has 6 aromatic rings. The van der Waals surface area contributed by atoms with Gasteiger partial charge in [-0.05, 0) is 0 Å². The van der Waals surface area contributed by atoms with Crippen LogP contribution >= 0.6 is 0 Å². The standard InChI is InChI=1S/C32H16N8.Ga/c1-2-10-18-17(9-1)25-33-26(18)38-28-21-13-5-6-14-22(21)30(35-28)40-32-24-16-8-7-15-23(24)31(36-32)39-29-20-12-4-3-11-19(20)27(34-29)37-25;/h1-16H;/q-2;+2. The number of nitrogens with zero attached hydrogens (tertiary/aromatic N) is 8. The molecule has 0 fully saturated rings. The molecule has 4 aliphatic rings. The summed E-state index contributed by atoms with van der Waals surface area (Å²) in [7, 11) is 0. The topological polar surface area (TPSA) is 84.0 Å². The van der Waals surface area contributed by atoms with Crippen molar-refractivity contribution < 1.29 is 0 Å². The van der Waals surface area contributed by atoms with Gasteiger partial charge in [0.05, 0.1) is 0 Å². The van der Waals surface area contributed by atoms with Crippen molar-refractivity contribution in [1.29, 1.82) is 0 Å². The Bertz CT molecular complexity index is 2290. The molecule has 0 N–H and O–H groups in total. The Hall–Kier alpha value is -5.12. The molecule has 10 rings (SSSR count). The Kier molecular flexibility index (Phi) is 4.09. The van der Waals surface area contributed by atoms with Gasteiger partial charge in [-0.3, -0.25) is 0 Å². The van der Waals surface area contributed by atoms with Crippen molar-refractivity contribution in [3.63, 3.8) is 0 Å². The Balaban J connectivity index is 1.48. The molecule has 8 nitrogen and oxygen atoms in total. The minimum absolute atomic E-state index is 0.674. The van der Waals surface area contributed by atoms with E-state index in [1.807, 2.05) is 24.3 Å². The van der Waals surface area contributed by atoms with Gasteiger partial charge in [0.15, 0.2) is 0 Å². The summed E-state index contributed by atoms with van der Waals surface area (Å²) in [5.74, 6) is 4.42. The van der Waals surface area contributed by atoms with Crippen molar-refractivity contribution in [3.8, 4) is 0 Å². The summed E-state index contributed by atoms with van der Waals surface area (Å²) < 4.78 is 4.63. The molecule has 0 saturated carbocycles. The summed E-state index contributed by atoms with van der Waals surface area (Å²) in [6.07, 6.45) is 0. The molecule has 0 spiro atoms. The van der Waals surface area contributed by atoms with E-state index in [1.165, 1.54) is 0 Å². The van der Waals surface area contributed by atoms with Crippen LogP contribution in [0, 0.1) is 0 Å². The van der Waals surface area contributed by atoms with Crippen LogP contribution in [0.1, 0.15) is 22.3 Å². The number of hydrogen-bond acceptors (Lipinski definition) is 6. The normalized spacial score (nSPS) is 15.5. The molecule has 0 atom stereocenters. The van der Waals surface area contributed by atoms with E-state index < -0.39 is 17.9 Å². The van der Waals surface area contributed by atoms with Crippen LogP contribution in [-0.4, -0.2) is 47.8 Å². The van der Waals surface area contributed by atoms with Gasteiger partial charge in [-0.2, -0.15) is 0 Å². The van der Waals surface area contributed by atoms with E-state index in [-0.39, 0.29) is 0 Å². The van der Waals surface area contributed by atoms with E-state index in [2.05, 4.69) is 79.3 Å². The van der Waals surface area contributed by atoms with Crippen molar-refractivity contribution in [1.82, 2.24) is 6.55 Å². The molecule has 1 radical (unpaired) electrons. The number of amidine groups is 4. The fraction of sp³-hybridized carbons (Fsp3) is 0. The van der Waals surface area contributed by atoms with Gasteiger partial charge in [-0.1, -0.05) is 0 Å². The Morgan fingerprint density at radius 3 is 1.17 bits per heavy atom. The fourth-order valence-electron chi connectivity index (χ4n) is 6.19. The second kappa shape index (κ2) is 7.75. The summed E-state index contributed by atoms with van der Waals surface area (Å²) >= 11 is -1.57. The monoisotopic (exact) mass is 581 g/mol. The van der Waals surface area contributed by atoms with Crippen LogP contribution in [0.15, 0.2) is 127 Å². The maximum absolute atomic E-state index is 5.26. The van der Waals surface area contributed by atoms with E-state index in [9.17, 15) is 0 Å². The first-order valence-electron chi connectivity index (χ1n) is 13.4. The number of benzene rings is 4. The van der Waals surface area contributed by atoms with Gasteiger partial charge in [0.2, 0.25) is 0 Å². The van der Waals surface area contributed by atoms with Gasteiger partial charge in [0.25, 0.3) is 0 Å². The van der Waals surface area contributed by atoms with Crippen LogP contribution in [0.3, 0.4) is 0 Å². The summed E-state index contributed by atoms with van der Waals surface area (Å²) in [6, 6.07) is 33.2. The number of hydrogen-bond donors (Lipinski definition) is 0.